The van der Waals surface area contributed by atoms with Crippen molar-refractivity contribution in [1.29, 1.82) is 0 Å². The molecule has 1 N–H and O–H groups in total. The highest BCUT2D eigenvalue weighted by Crippen LogP contribution is 2.30. The minimum atomic E-state index is -1.21. The van der Waals surface area contributed by atoms with E-state index >= 15 is 0 Å². The predicted molar refractivity (Wildman–Crippen MR) is 87.4 cm³/mol. The number of amides is 1. The summed E-state index contributed by atoms with van der Waals surface area (Å²) in [6.45, 7) is 4.26. The summed E-state index contributed by atoms with van der Waals surface area (Å²) in [5.41, 5.74) is -0.746. The molecular weight excluding hydrogens is 327 g/mol. The smallest absolute Gasteiger partial charge is 0.260 e. The molecule has 1 aliphatic rings. The summed E-state index contributed by atoms with van der Waals surface area (Å²) in [6, 6.07) is 5.77. The fourth-order valence-electron chi connectivity index (χ4n) is 2.75. The third-order valence-corrected chi connectivity index (χ3v) is 4.27. The second-order valence-electron chi connectivity index (χ2n) is 6.52. The van der Waals surface area contributed by atoms with Crippen molar-refractivity contribution < 1.29 is 19.0 Å². The number of rotatable bonds is 5. The fraction of sp³-hybridized carbons (Fsp3) is 0.471. The largest absolute Gasteiger partial charge is 0.484 e. The normalized spacial score (nSPS) is 20.3. The zero-order valence-corrected chi connectivity index (χ0v) is 14.2. The first kappa shape index (κ1) is 17.3. The first-order valence-electron chi connectivity index (χ1n) is 8.18. The number of nitrogens with zero attached hydrogens (tertiary/aromatic N) is 4. The molecular formula is C17H21FN4O3. The zero-order valence-electron chi connectivity index (χ0n) is 14.2. The SMILES string of the molecule is CC(C)n1cc(C2(O)CCN(C(=O)COc3cccc(F)c3)C2)nn1. The monoisotopic (exact) mass is 348 g/mol. The number of ether oxygens (including phenoxy) is 1. The van der Waals surface area contributed by atoms with Crippen molar-refractivity contribution in [2.75, 3.05) is 19.7 Å². The number of hydrogen-bond acceptors (Lipinski definition) is 5. The maximum atomic E-state index is 13.1. The zero-order chi connectivity index (χ0) is 18.0. The van der Waals surface area contributed by atoms with Crippen LogP contribution in [0.2, 0.25) is 0 Å². The summed E-state index contributed by atoms with van der Waals surface area (Å²) in [5.74, 6) is -0.396. The molecule has 1 amide bonds. The van der Waals surface area contributed by atoms with Gasteiger partial charge in [0.2, 0.25) is 0 Å². The van der Waals surface area contributed by atoms with Crippen LogP contribution < -0.4 is 4.74 Å². The number of benzene rings is 1. The average molecular weight is 348 g/mol. The molecule has 1 aliphatic heterocycles. The number of β-amino-alcohol motifs (C(OH)–C–C–N with tert-alkyl or cyclic N) is 1. The molecule has 8 heteroatoms. The lowest BCUT2D eigenvalue weighted by Gasteiger charge is -2.21. The van der Waals surface area contributed by atoms with Crippen LogP contribution in [0.5, 0.6) is 5.75 Å². The Bertz CT molecular complexity index is 764. The summed E-state index contributed by atoms with van der Waals surface area (Å²) < 4.78 is 20.1. The number of carbonyl (C=O) groups is 1. The minimum absolute atomic E-state index is 0.134. The molecule has 0 spiro atoms. The second-order valence-corrected chi connectivity index (χ2v) is 6.52. The van der Waals surface area contributed by atoms with Crippen molar-refractivity contribution in [3.05, 3.63) is 42.0 Å². The van der Waals surface area contributed by atoms with Crippen LogP contribution in [0.25, 0.3) is 0 Å². The van der Waals surface area contributed by atoms with Gasteiger partial charge in [-0.25, -0.2) is 9.07 Å². The van der Waals surface area contributed by atoms with Gasteiger partial charge in [0, 0.05) is 25.1 Å². The summed E-state index contributed by atoms with van der Waals surface area (Å²) in [4.78, 5) is 13.8. The molecule has 1 atom stereocenters. The van der Waals surface area contributed by atoms with E-state index in [2.05, 4.69) is 10.3 Å². The Morgan fingerprint density at radius 3 is 2.96 bits per heavy atom. The van der Waals surface area contributed by atoms with E-state index in [1.54, 1.807) is 16.9 Å². The molecule has 3 rings (SSSR count). The Labute approximate surface area is 145 Å². The van der Waals surface area contributed by atoms with E-state index in [0.717, 1.165) is 0 Å². The van der Waals surface area contributed by atoms with E-state index in [-0.39, 0.29) is 25.1 Å². The molecule has 7 nitrogen and oxygen atoms in total. The Morgan fingerprint density at radius 2 is 2.28 bits per heavy atom. The topological polar surface area (TPSA) is 80.5 Å². The second kappa shape index (κ2) is 6.79. The first-order valence-corrected chi connectivity index (χ1v) is 8.18. The van der Waals surface area contributed by atoms with Crippen molar-refractivity contribution in [1.82, 2.24) is 19.9 Å². The third kappa shape index (κ3) is 3.79. The van der Waals surface area contributed by atoms with Crippen LogP contribution >= 0.6 is 0 Å². The van der Waals surface area contributed by atoms with Crippen molar-refractivity contribution in [2.24, 2.45) is 0 Å². The number of carbonyl (C=O) groups excluding carboxylic acids is 1. The van der Waals surface area contributed by atoms with E-state index < -0.39 is 11.4 Å². The van der Waals surface area contributed by atoms with Gasteiger partial charge in [-0.05, 0) is 26.0 Å². The van der Waals surface area contributed by atoms with Gasteiger partial charge in [-0.3, -0.25) is 4.79 Å². The van der Waals surface area contributed by atoms with Gasteiger partial charge < -0.3 is 14.7 Å². The maximum Gasteiger partial charge on any atom is 0.260 e. The number of aliphatic hydroxyl groups is 1. The lowest BCUT2D eigenvalue weighted by atomic mass is 10.00. The van der Waals surface area contributed by atoms with Crippen LogP contribution in [-0.2, 0) is 10.4 Å². The lowest BCUT2D eigenvalue weighted by Crippen LogP contribution is -2.37. The van der Waals surface area contributed by atoms with Crippen LogP contribution in [0.3, 0.4) is 0 Å². The van der Waals surface area contributed by atoms with Crippen LogP contribution in [0.4, 0.5) is 4.39 Å². The van der Waals surface area contributed by atoms with Crippen LogP contribution in [0.1, 0.15) is 32.0 Å². The molecule has 2 aromatic rings. The molecule has 1 aromatic heterocycles. The molecule has 1 unspecified atom stereocenters. The molecule has 134 valence electrons. The van der Waals surface area contributed by atoms with Gasteiger partial charge in [-0.15, -0.1) is 5.10 Å². The van der Waals surface area contributed by atoms with Gasteiger partial charge in [0.1, 0.15) is 22.9 Å². The van der Waals surface area contributed by atoms with E-state index in [1.165, 1.54) is 23.1 Å². The Hall–Kier alpha value is -2.48. The van der Waals surface area contributed by atoms with Crippen molar-refractivity contribution in [3.8, 4) is 5.75 Å². The van der Waals surface area contributed by atoms with Crippen LogP contribution in [-0.4, -0.2) is 50.6 Å². The summed E-state index contributed by atoms with van der Waals surface area (Å²) >= 11 is 0. The minimum Gasteiger partial charge on any atom is -0.484 e. The van der Waals surface area contributed by atoms with Crippen molar-refractivity contribution in [3.63, 3.8) is 0 Å². The van der Waals surface area contributed by atoms with Crippen molar-refractivity contribution >= 4 is 5.91 Å². The van der Waals surface area contributed by atoms with Gasteiger partial charge in [-0.1, -0.05) is 11.3 Å². The first-order chi connectivity index (χ1) is 11.9. The molecule has 25 heavy (non-hydrogen) atoms. The highest BCUT2D eigenvalue weighted by atomic mass is 19.1. The molecule has 1 saturated heterocycles. The molecule has 0 bridgehead atoms. The fourth-order valence-corrected chi connectivity index (χ4v) is 2.75. The van der Waals surface area contributed by atoms with Gasteiger partial charge >= 0.3 is 0 Å². The number of aromatic nitrogens is 3. The Morgan fingerprint density at radius 1 is 1.48 bits per heavy atom. The predicted octanol–water partition coefficient (Wildman–Crippen LogP) is 1.50. The van der Waals surface area contributed by atoms with Gasteiger partial charge in [0.05, 0.1) is 12.7 Å². The average Bonchev–Trinajstić information content (AvgIpc) is 3.21. The van der Waals surface area contributed by atoms with E-state index in [1.807, 2.05) is 13.8 Å². The molecule has 0 aliphatic carbocycles. The molecule has 0 saturated carbocycles. The van der Waals surface area contributed by atoms with Gasteiger partial charge in [0.15, 0.2) is 6.61 Å². The van der Waals surface area contributed by atoms with E-state index in [9.17, 15) is 14.3 Å². The maximum absolute atomic E-state index is 13.1. The quantitative estimate of drug-likeness (QED) is 0.886. The van der Waals surface area contributed by atoms with Gasteiger partial charge in [0.25, 0.3) is 5.91 Å². The Balaban J connectivity index is 1.60. The van der Waals surface area contributed by atoms with Crippen LogP contribution in [0.15, 0.2) is 30.5 Å². The Kier molecular flexibility index (Phi) is 4.71. The summed E-state index contributed by atoms with van der Waals surface area (Å²) in [6.07, 6.45) is 2.09. The number of likely N-dealkylation sites (tertiary alicyclic amines) is 1. The molecule has 0 radical (unpaired) electrons. The molecule has 2 heterocycles. The highest BCUT2D eigenvalue weighted by Gasteiger charge is 2.42. The van der Waals surface area contributed by atoms with Crippen molar-refractivity contribution in [2.45, 2.75) is 31.9 Å². The third-order valence-electron chi connectivity index (χ3n) is 4.27. The lowest BCUT2D eigenvalue weighted by molar-refractivity contribution is -0.133. The van der Waals surface area contributed by atoms with E-state index in [0.29, 0.717) is 24.4 Å². The number of halogens is 1. The summed E-state index contributed by atoms with van der Waals surface area (Å²) in [5, 5.41) is 18.8. The van der Waals surface area contributed by atoms with Gasteiger partial charge in [-0.2, -0.15) is 0 Å². The standard InChI is InChI=1S/C17H21FN4O3/c1-12(2)22-9-15(19-20-22)17(24)6-7-21(11-17)16(23)10-25-14-5-3-4-13(18)8-14/h3-5,8-9,12,24H,6-7,10-11H2,1-2H3. The molecule has 1 fully saturated rings. The van der Waals surface area contributed by atoms with E-state index in [4.69, 9.17) is 4.74 Å². The molecule has 1 aromatic carbocycles. The summed E-state index contributed by atoms with van der Waals surface area (Å²) in [7, 11) is 0. The van der Waals surface area contributed by atoms with Crippen LogP contribution in [0, 0.1) is 5.82 Å². The number of hydrogen-bond donors (Lipinski definition) is 1. The highest BCUT2D eigenvalue weighted by molar-refractivity contribution is 5.78.